The monoisotopic (exact) mass is 605 g/mol. The second-order valence-electron chi connectivity index (χ2n) is 10.9. The average molecular weight is 607 g/mol. The van der Waals surface area contributed by atoms with E-state index >= 15 is 0 Å². The summed E-state index contributed by atoms with van der Waals surface area (Å²) >= 11 is 9.83. The van der Waals surface area contributed by atoms with Crippen LogP contribution in [0.3, 0.4) is 0 Å². The van der Waals surface area contributed by atoms with Gasteiger partial charge in [-0.15, -0.1) is 0 Å². The van der Waals surface area contributed by atoms with Crippen LogP contribution in [-0.2, 0) is 13.9 Å². The number of rotatable bonds is 5. The second kappa shape index (κ2) is 11.5. The number of allylic oxidation sites excluding steroid dienone is 1. The number of hydrogen-bond acceptors (Lipinski definition) is 6. The van der Waals surface area contributed by atoms with Crippen LogP contribution in [0.15, 0.2) is 28.9 Å². The molecule has 9 heteroatoms. The van der Waals surface area contributed by atoms with Crippen LogP contribution in [-0.4, -0.2) is 54.7 Å². The smallest absolute Gasteiger partial charge is 0.193 e. The lowest BCUT2D eigenvalue weighted by atomic mass is 9.93. The molecule has 6 nitrogen and oxygen atoms in total. The van der Waals surface area contributed by atoms with Crippen molar-refractivity contribution in [2.75, 3.05) is 6.61 Å². The third-order valence-corrected chi connectivity index (χ3v) is 11.7. The summed E-state index contributed by atoms with van der Waals surface area (Å²) in [4.78, 5) is 4.11. The van der Waals surface area contributed by atoms with E-state index in [2.05, 4.69) is 90.3 Å². The first-order valence-corrected chi connectivity index (χ1v) is 16.1. The van der Waals surface area contributed by atoms with Crippen LogP contribution < -0.4 is 4.74 Å². The van der Waals surface area contributed by atoms with Crippen molar-refractivity contribution in [3.05, 3.63) is 34.0 Å². The molecule has 37 heavy (non-hydrogen) atoms. The molecule has 1 N–H and O–H groups in total. The van der Waals surface area contributed by atoms with Crippen molar-refractivity contribution >= 4 is 35.8 Å². The molecule has 0 saturated carbocycles. The fraction of sp³-hybridized carbons (Fsp3) is 0.536. The van der Waals surface area contributed by atoms with Gasteiger partial charge in [-0.25, -0.2) is 4.98 Å². The van der Waals surface area contributed by atoms with E-state index in [-0.39, 0.29) is 23.2 Å². The first-order chi connectivity index (χ1) is 17.1. The quantitative estimate of drug-likeness (QED) is 0.273. The lowest BCUT2D eigenvalue weighted by Crippen LogP contribution is -2.47. The fourth-order valence-corrected chi connectivity index (χ4v) is 5.01. The van der Waals surface area contributed by atoms with Crippen LogP contribution in [0.2, 0.25) is 23.3 Å². The van der Waals surface area contributed by atoms with Gasteiger partial charge in [-0.3, -0.25) is 0 Å². The highest BCUT2D eigenvalue weighted by Crippen LogP contribution is 2.38. The van der Waals surface area contributed by atoms with Gasteiger partial charge in [0.15, 0.2) is 36.7 Å². The topological polar surface area (TPSA) is 70.0 Å². The largest absolute Gasteiger partial charge is 0.479 e. The summed E-state index contributed by atoms with van der Waals surface area (Å²) in [6.07, 6.45) is 1.35. The Hall–Kier alpha value is -1.80. The maximum Gasteiger partial charge on any atom is 0.193 e. The van der Waals surface area contributed by atoms with Gasteiger partial charge in [0.1, 0.15) is 12.2 Å². The SMILES string of the molecule is CC1(C)OC[C@H]([C@]2(O)C#C/C(Br)=C/[C@H](Oc3cccnc3Cl)[C@@H](O[Si](C)(C)C(C)(C)C)C#CC#CC2)O1. The Morgan fingerprint density at radius 1 is 1.27 bits per heavy atom. The fourth-order valence-electron chi connectivity index (χ4n) is 3.31. The Bertz CT molecular complexity index is 1220. The molecule has 1 saturated heterocycles. The molecule has 2 aliphatic rings. The number of ether oxygens (including phenoxy) is 3. The molecular formula is C28H33BrClNO5Si. The van der Waals surface area contributed by atoms with Gasteiger partial charge in [-0.05, 0) is 78.0 Å². The van der Waals surface area contributed by atoms with E-state index in [9.17, 15) is 5.11 Å². The maximum atomic E-state index is 11.4. The number of halogens is 2. The van der Waals surface area contributed by atoms with Crippen molar-refractivity contribution in [1.29, 1.82) is 0 Å². The highest BCUT2D eigenvalue weighted by Gasteiger charge is 2.45. The van der Waals surface area contributed by atoms with Gasteiger partial charge in [0.05, 0.1) is 17.5 Å². The number of aromatic nitrogens is 1. The zero-order valence-corrected chi connectivity index (χ0v) is 25.6. The van der Waals surface area contributed by atoms with Gasteiger partial charge < -0.3 is 23.7 Å². The molecule has 0 unspecified atom stereocenters. The van der Waals surface area contributed by atoms with E-state index in [1.807, 2.05) is 0 Å². The van der Waals surface area contributed by atoms with Crippen LogP contribution in [0, 0.1) is 35.5 Å². The highest BCUT2D eigenvalue weighted by molar-refractivity contribution is 9.12. The lowest BCUT2D eigenvalue weighted by Gasteiger charge is -2.39. The Morgan fingerprint density at radius 2 is 2.00 bits per heavy atom. The van der Waals surface area contributed by atoms with Crippen LogP contribution in [0.1, 0.15) is 41.0 Å². The van der Waals surface area contributed by atoms with Gasteiger partial charge >= 0.3 is 0 Å². The minimum absolute atomic E-state index is 0.0397. The molecule has 4 atom stereocenters. The van der Waals surface area contributed by atoms with Gasteiger partial charge in [0, 0.05) is 6.20 Å². The molecule has 0 amide bonds. The van der Waals surface area contributed by atoms with Gasteiger partial charge in [0.25, 0.3) is 0 Å². The molecule has 198 valence electrons. The molecule has 1 aromatic heterocycles. The Labute approximate surface area is 234 Å². The zero-order chi connectivity index (χ0) is 27.5. The van der Waals surface area contributed by atoms with Crippen molar-refractivity contribution in [3.63, 3.8) is 0 Å². The number of aliphatic hydroxyl groups is 1. The number of nitrogens with zero attached hydrogens (tertiary/aromatic N) is 1. The summed E-state index contributed by atoms with van der Waals surface area (Å²) in [5.74, 6) is 17.3. The molecular weight excluding hydrogens is 574 g/mol. The number of pyridine rings is 1. The Kier molecular flexibility index (Phi) is 9.26. The minimum Gasteiger partial charge on any atom is -0.479 e. The van der Waals surface area contributed by atoms with Crippen LogP contribution in [0.5, 0.6) is 5.75 Å². The average Bonchev–Trinajstić information content (AvgIpc) is 3.16. The third kappa shape index (κ3) is 7.85. The number of hydrogen-bond donors (Lipinski definition) is 1. The van der Waals surface area contributed by atoms with E-state index in [0.29, 0.717) is 10.2 Å². The van der Waals surface area contributed by atoms with Crippen molar-refractivity contribution in [2.45, 2.75) is 88.9 Å². The lowest BCUT2D eigenvalue weighted by molar-refractivity contribution is -0.159. The van der Waals surface area contributed by atoms with E-state index < -0.39 is 38.0 Å². The molecule has 0 spiro atoms. The molecule has 0 aromatic carbocycles. The Morgan fingerprint density at radius 3 is 2.62 bits per heavy atom. The first-order valence-electron chi connectivity index (χ1n) is 12.0. The molecule has 1 aliphatic heterocycles. The van der Waals surface area contributed by atoms with Crippen molar-refractivity contribution in [3.8, 4) is 41.3 Å². The maximum absolute atomic E-state index is 11.4. The molecule has 0 radical (unpaired) electrons. The molecule has 0 bridgehead atoms. The van der Waals surface area contributed by atoms with Gasteiger partial charge in [-0.1, -0.05) is 56.1 Å². The first kappa shape index (κ1) is 29.7. The van der Waals surface area contributed by atoms with Crippen molar-refractivity contribution in [1.82, 2.24) is 4.98 Å². The molecule has 1 aromatic rings. The van der Waals surface area contributed by atoms with E-state index in [1.165, 1.54) is 0 Å². The van der Waals surface area contributed by atoms with Crippen LogP contribution >= 0.6 is 27.5 Å². The summed E-state index contributed by atoms with van der Waals surface area (Å²) in [5.41, 5.74) is -1.56. The predicted octanol–water partition coefficient (Wildman–Crippen LogP) is 5.45. The molecule has 1 fully saturated rings. The summed E-state index contributed by atoms with van der Waals surface area (Å²) in [6.45, 7) is 14.5. The van der Waals surface area contributed by atoms with E-state index in [1.54, 1.807) is 38.3 Å². The summed E-state index contributed by atoms with van der Waals surface area (Å²) in [6, 6.07) is 3.47. The second-order valence-corrected chi connectivity index (χ2v) is 16.9. The molecule has 1 aliphatic carbocycles. The Balaban J connectivity index is 2.05. The van der Waals surface area contributed by atoms with Gasteiger partial charge in [0.2, 0.25) is 0 Å². The summed E-state index contributed by atoms with van der Waals surface area (Å²) in [7, 11) is -2.26. The highest BCUT2D eigenvalue weighted by atomic mass is 79.9. The van der Waals surface area contributed by atoms with Crippen LogP contribution in [0.25, 0.3) is 0 Å². The van der Waals surface area contributed by atoms with Crippen molar-refractivity contribution < 1.29 is 23.7 Å². The summed E-state index contributed by atoms with van der Waals surface area (Å²) in [5, 5.41) is 11.5. The molecule has 2 heterocycles. The van der Waals surface area contributed by atoms with Crippen LogP contribution in [0.4, 0.5) is 0 Å². The van der Waals surface area contributed by atoms with Gasteiger partial charge in [-0.2, -0.15) is 0 Å². The summed E-state index contributed by atoms with van der Waals surface area (Å²) < 4.78 is 25.0. The van der Waals surface area contributed by atoms with E-state index in [4.69, 9.17) is 30.2 Å². The molecule has 3 rings (SSSR count). The predicted molar refractivity (Wildman–Crippen MR) is 151 cm³/mol. The minimum atomic E-state index is -2.26. The standard InChI is InChI=1S/C28H33BrClNO5Si/c1-26(2,3)37(6,7)36-21-12-9-8-10-15-28(32,24-19-33-27(4,5)35-24)16-14-20(29)18-23(21)34-22-13-11-17-31-25(22)30/h11,13,17-18,21,23-24,32H,15,19H2,1-7H3/b20-18-/t21-,23-,24+,28+/m0/s1. The van der Waals surface area contributed by atoms with Crippen molar-refractivity contribution in [2.24, 2.45) is 0 Å². The normalized spacial score (nSPS) is 29.0. The van der Waals surface area contributed by atoms with E-state index in [0.717, 1.165) is 0 Å². The third-order valence-electron chi connectivity index (χ3n) is 6.49. The zero-order valence-electron chi connectivity index (χ0n) is 22.2.